The van der Waals surface area contributed by atoms with E-state index >= 15 is 0 Å². The first-order chi connectivity index (χ1) is 9.97. The molecule has 2 aromatic carbocycles. The van der Waals surface area contributed by atoms with Crippen LogP contribution >= 0.6 is 22.9 Å². The van der Waals surface area contributed by atoms with E-state index in [4.69, 9.17) is 11.6 Å². The van der Waals surface area contributed by atoms with E-state index in [0.29, 0.717) is 21.9 Å². The molecule has 0 radical (unpaired) electrons. The number of halogens is 1. The van der Waals surface area contributed by atoms with Crippen molar-refractivity contribution in [3.8, 4) is 0 Å². The molecule has 1 atom stereocenters. The Morgan fingerprint density at radius 1 is 1.14 bits per heavy atom. The van der Waals surface area contributed by atoms with Gasteiger partial charge in [-0.2, -0.15) is 0 Å². The van der Waals surface area contributed by atoms with Crippen molar-refractivity contribution in [3.05, 3.63) is 57.7 Å². The molecule has 0 fully saturated rings. The van der Waals surface area contributed by atoms with Crippen LogP contribution in [0.4, 0.5) is 0 Å². The number of carbonyl (C=O) groups excluding carboxylic acids is 1. The Hall–Kier alpha value is -1.75. The van der Waals surface area contributed by atoms with Gasteiger partial charge in [-0.3, -0.25) is 9.59 Å². The maximum atomic E-state index is 12.6. The third kappa shape index (κ3) is 2.46. The fourth-order valence-electron chi connectivity index (χ4n) is 2.25. The molecule has 3 rings (SSSR count). The van der Waals surface area contributed by atoms with Crippen LogP contribution in [0.1, 0.15) is 28.9 Å². The van der Waals surface area contributed by atoms with Crippen LogP contribution in [0.15, 0.2) is 41.2 Å². The van der Waals surface area contributed by atoms with Crippen LogP contribution < -0.4 is 5.43 Å². The summed E-state index contributed by atoms with van der Waals surface area (Å²) in [6.45, 7) is 1.66. The molecule has 1 unspecified atom stereocenters. The number of benzene rings is 2. The fraction of sp³-hybridized carbons (Fsp3) is 0.125. The van der Waals surface area contributed by atoms with Gasteiger partial charge in [0.2, 0.25) is 0 Å². The summed E-state index contributed by atoms with van der Waals surface area (Å²) < 4.78 is 1.54. The van der Waals surface area contributed by atoms with Gasteiger partial charge in [-0.05, 0) is 54.4 Å². The van der Waals surface area contributed by atoms with Crippen LogP contribution in [0, 0.1) is 0 Å². The molecule has 1 N–H and O–H groups in total. The Balaban J connectivity index is 2.37. The van der Waals surface area contributed by atoms with Crippen molar-refractivity contribution in [2.24, 2.45) is 0 Å². The topological polar surface area (TPSA) is 54.4 Å². The molecule has 0 amide bonds. The first-order valence-corrected chi connectivity index (χ1v) is 7.55. The molecule has 3 nitrogen and oxygen atoms in total. The van der Waals surface area contributed by atoms with Crippen LogP contribution in [0.3, 0.4) is 0 Å². The smallest absolute Gasteiger partial charge is 0.252 e. The largest absolute Gasteiger partial charge is 0.389 e. The highest BCUT2D eigenvalue weighted by molar-refractivity contribution is 7.24. The highest BCUT2D eigenvalue weighted by Crippen LogP contribution is 2.27. The zero-order chi connectivity index (χ0) is 15.1. The number of rotatable bonds is 2. The maximum Gasteiger partial charge on any atom is 0.252 e. The summed E-state index contributed by atoms with van der Waals surface area (Å²) in [4.78, 5) is 23.8. The Morgan fingerprint density at radius 3 is 2.57 bits per heavy atom. The molecule has 0 saturated heterocycles. The summed E-state index contributed by atoms with van der Waals surface area (Å²) in [7, 11) is 0. The van der Waals surface area contributed by atoms with E-state index in [-0.39, 0.29) is 5.43 Å². The van der Waals surface area contributed by atoms with Gasteiger partial charge in [-0.25, -0.2) is 0 Å². The number of aliphatic hydroxyl groups excluding tert-OH is 1. The van der Waals surface area contributed by atoms with Crippen LogP contribution in [0.25, 0.3) is 20.2 Å². The first kappa shape index (κ1) is 14.2. The van der Waals surface area contributed by atoms with Crippen LogP contribution in [0.5, 0.6) is 0 Å². The second-order valence-electron chi connectivity index (χ2n) is 4.85. The molecule has 5 heteroatoms. The van der Waals surface area contributed by atoms with Crippen LogP contribution in [-0.4, -0.2) is 10.3 Å². The highest BCUT2D eigenvalue weighted by atomic mass is 35.5. The zero-order valence-electron chi connectivity index (χ0n) is 11.1. The lowest BCUT2D eigenvalue weighted by atomic mass is 10.1. The summed E-state index contributed by atoms with van der Waals surface area (Å²) in [6, 6.07) is 10.1. The minimum atomic E-state index is -0.620. The second-order valence-corrected chi connectivity index (χ2v) is 6.27. The van der Waals surface area contributed by atoms with Crippen molar-refractivity contribution in [2.75, 3.05) is 0 Å². The van der Waals surface area contributed by atoms with Gasteiger partial charge in [0.15, 0.2) is 5.43 Å². The van der Waals surface area contributed by atoms with Gasteiger partial charge in [-0.15, -0.1) is 11.3 Å². The van der Waals surface area contributed by atoms with Crippen molar-refractivity contribution in [3.63, 3.8) is 0 Å². The Labute approximate surface area is 129 Å². The Kier molecular flexibility index (Phi) is 3.53. The van der Waals surface area contributed by atoms with E-state index in [1.54, 1.807) is 37.3 Å². The predicted octanol–water partition coefficient (Wildman–Crippen LogP) is 3.85. The van der Waals surface area contributed by atoms with Crippen molar-refractivity contribution in [1.29, 1.82) is 0 Å². The Bertz CT molecular complexity index is 928. The summed E-state index contributed by atoms with van der Waals surface area (Å²) in [6.07, 6.45) is -0.620. The molecule has 21 heavy (non-hydrogen) atoms. The molecule has 3 aromatic rings. The number of aliphatic hydroxyl groups is 1. The molecule has 1 aromatic heterocycles. The van der Waals surface area contributed by atoms with Gasteiger partial charge in [0.25, 0.3) is 5.24 Å². The van der Waals surface area contributed by atoms with E-state index in [2.05, 4.69) is 0 Å². The normalized spacial score (nSPS) is 12.7. The molecule has 0 aliphatic rings. The standard InChI is InChI=1S/C16H11ClO3S/c1-8(18)9-3-5-13-12(6-9)15(19)11-4-2-10(16(17)20)7-14(11)21-13/h2-8,18H,1H3. The van der Waals surface area contributed by atoms with Gasteiger partial charge in [0.1, 0.15) is 0 Å². The molecule has 0 aliphatic carbocycles. The second kappa shape index (κ2) is 5.22. The first-order valence-electron chi connectivity index (χ1n) is 6.36. The lowest BCUT2D eigenvalue weighted by Gasteiger charge is -2.07. The summed E-state index contributed by atoms with van der Waals surface area (Å²) in [5.41, 5.74) is 0.980. The van der Waals surface area contributed by atoms with Crippen molar-refractivity contribution < 1.29 is 9.90 Å². The number of carbonyl (C=O) groups is 1. The van der Waals surface area contributed by atoms with E-state index in [0.717, 1.165) is 9.40 Å². The molecule has 0 spiro atoms. The molecule has 106 valence electrons. The third-order valence-electron chi connectivity index (χ3n) is 3.40. The number of hydrogen-bond acceptors (Lipinski definition) is 4. The van der Waals surface area contributed by atoms with E-state index in [1.807, 2.05) is 6.07 Å². The molecular formula is C16H11ClO3S. The van der Waals surface area contributed by atoms with Gasteiger partial charge >= 0.3 is 0 Å². The molecular weight excluding hydrogens is 308 g/mol. The number of fused-ring (bicyclic) bond motifs is 2. The summed E-state index contributed by atoms with van der Waals surface area (Å²) in [5, 5.41) is 10.2. The summed E-state index contributed by atoms with van der Waals surface area (Å²) >= 11 is 6.90. The van der Waals surface area contributed by atoms with Gasteiger partial charge < -0.3 is 5.11 Å². The lowest BCUT2D eigenvalue weighted by molar-refractivity contribution is 0.108. The lowest BCUT2D eigenvalue weighted by Crippen LogP contribution is -2.03. The molecule has 0 saturated carbocycles. The fourth-order valence-corrected chi connectivity index (χ4v) is 3.46. The average molecular weight is 319 g/mol. The van der Waals surface area contributed by atoms with Crippen molar-refractivity contribution in [1.82, 2.24) is 0 Å². The molecule has 0 bridgehead atoms. The average Bonchev–Trinajstić information content (AvgIpc) is 2.46. The maximum absolute atomic E-state index is 12.6. The minimum absolute atomic E-state index is 0.102. The summed E-state index contributed by atoms with van der Waals surface area (Å²) in [5.74, 6) is 0. The van der Waals surface area contributed by atoms with E-state index in [9.17, 15) is 14.7 Å². The monoisotopic (exact) mass is 318 g/mol. The minimum Gasteiger partial charge on any atom is -0.389 e. The quantitative estimate of drug-likeness (QED) is 0.577. The zero-order valence-corrected chi connectivity index (χ0v) is 12.7. The van der Waals surface area contributed by atoms with Crippen molar-refractivity contribution in [2.45, 2.75) is 13.0 Å². The number of hydrogen-bond donors (Lipinski definition) is 1. The van der Waals surface area contributed by atoms with Crippen LogP contribution in [0.2, 0.25) is 0 Å². The van der Waals surface area contributed by atoms with Gasteiger partial charge in [0.05, 0.1) is 6.10 Å². The SMILES string of the molecule is CC(O)c1ccc2sc3cc(C(=O)Cl)ccc3c(=O)c2c1. The molecule has 0 aliphatic heterocycles. The van der Waals surface area contributed by atoms with Gasteiger partial charge in [0, 0.05) is 25.7 Å². The van der Waals surface area contributed by atoms with Crippen LogP contribution in [-0.2, 0) is 0 Å². The predicted molar refractivity (Wildman–Crippen MR) is 86.4 cm³/mol. The van der Waals surface area contributed by atoms with Gasteiger partial charge in [-0.1, -0.05) is 6.07 Å². The van der Waals surface area contributed by atoms with Crippen molar-refractivity contribution >= 4 is 48.4 Å². The van der Waals surface area contributed by atoms with E-state index in [1.165, 1.54) is 11.3 Å². The molecule has 1 heterocycles. The third-order valence-corrected chi connectivity index (χ3v) is 4.76. The highest BCUT2D eigenvalue weighted by Gasteiger charge is 2.10. The Morgan fingerprint density at radius 2 is 1.90 bits per heavy atom. The van der Waals surface area contributed by atoms with E-state index < -0.39 is 11.3 Å².